The molecule has 0 saturated carbocycles. The lowest BCUT2D eigenvalue weighted by Gasteiger charge is -2.09. The highest BCUT2D eigenvalue weighted by molar-refractivity contribution is 5.74. The van der Waals surface area contributed by atoms with Gasteiger partial charge in [-0.05, 0) is 67.1 Å². The Labute approximate surface area is 164 Å². The average molecular weight is 378 g/mol. The van der Waals surface area contributed by atoms with Crippen molar-refractivity contribution >= 4 is 5.97 Å². The van der Waals surface area contributed by atoms with Crippen molar-refractivity contribution in [2.75, 3.05) is 13.2 Å². The number of ether oxygens (including phenoxy) is 4. The summed E-state index contributed by atoms with van der Waals surface area (Å²) in [7, 11) is 0. The van der Waals surface area contributed by atoms with E-state index in [2.05, 4.69) is 0 Å². The number of para-hydroxylation sites is 1. The zero-order chi connectivity index (χ0) is 19.6. The van der Waals surface area contributed by atoms with E-state index in [1.54, 1.807) is 36.4 Å². The summed E-state index contributed by atoms with van der Waals surface area (Å²) in [6, 6.07) is 23.4. The Kier molecular flexibility index (Phi) is 6.90. The lowest BCUT2D eigenvalue weighted by atomic mass is 10.3. The Morgan fingerprint density at radius 1 is 0.679 bits per heavy atom. The van der Waals surface area contributed by atoms with E-state index >= 15 is 0 Å². The second-order valence-corrected chi connectivity index (χ2v) is 5.97. The van der Waals surface area contributed by atoms with Gasteiger partial charge in [-0.15, -0.1) is 0 Å². The number of esters is 1. The maximum absolute atomic E-state index is 12.0. The maximum Gasteiger partial charge on any atom is 0.349 e. The smallest absolute Gasteiger partial charge is 0.349 e. The summed E-state index contributed by atoms with van der Waals surface area (Å²) in [6.45, 7) is 2.53. The molecule has 0 amide bonds. The molecule has 3 rings (SSSR count). The third kappa shape index (κ3) is 6.06. The SMILES string of the molecule is CCCOc1ccc(OCC(=O)Oc2ccc(Oc3ccccc3)cc2)cc1. The molecular formula is C23H22O5. The lowest BCUT2D eigenvalue weighted by molar-refractivity contribution is -0.136. The Balaban J connectivity index is 1.45. The van der Waals surface area contributed by atoms with Crippen LogP contribution >= 0.6 is 0 Å². The molecule has 0 radical (unpaired) electrons. The summed E-state index contributed by atoms with van der Waals surface area (Å²) in [6.07, 6.45) is 0.948. The molecule has 0 aliphatic heterocycles. The minimum absolute atomic E-state index is 0.183. The van der Waals surface area contributed by atoms with E-state index < -0.39 is 5.97 Å². The summed E-state index contributed by atoms with van der Waals surface area (Å²) < 4.78 is 21.9. The second-order valence-electron chi connectivity index (χ2n) is 5.97. The van der Waals surface area contributed by atoms with E-state index in [-0.39, 0.29) is 6.61 Å². The number of benzene rings is 3. The summed E-state index contributed by atoms with van der Waals surface area (Å²) in [5.41, 5.74) is 0. The molecule has 0 N–H and O–H groups in total. The second kappa shape index (κ2) is 10.0. The molecule has 0 saturated heterocycles. The van der Waals surface area contributed by atoms with E-state index in [9.17, 15) is 4.79 Å². The van der Waals surface area contributed by atoms with Gasteiger partial charge in [0, 0.05) is 0 Å². The van der Waals surface area contributed by atoms with Gasteiger partial charge in [-0.2, -0.15) is 0 Å². The van der Waals surface area contributed by atoms with Crippen molar-refractivity contribution in [2.24, 2.45) is 0 Å². The van der Waals surface area contributed by atoms with Crippen molar-refractivity contribution in [3.8, 4) is 28.7 Å². The van der Waals surface area contributed by atoms with Crippen LogP contribution in [0.3, 0.4) is 0 Å². The molecule has 0 aromatic heterocycles. The van der Waals surface area contributed by atoms with E-state index in [4.69, 9.17) is 18.9 Å². The molecule has 5 nitrogen and oxygen atoms in total. The van der Waals surface area contributed by atoms with Crippen molar-refractivity contribution in [3.05, 3.63) is 78.9 Å². The van der Waals surface area contributed by atoms with Crippen molar-refractivity contribution in [3.63, 3.8) is 0 Å². The van der Waals surface area contributed by atoms with Gasteiger partial charge in [-0.3, -0.25) is 0 Å². The van der Waals surface area contributed by atoms with Gasteiger partial charge in [-0.1, -0.05) is 25.1 Å². The first kappa shape index (κ1) is 19.3. The fraction of sp³-hybridized carbons (Fsp3) is 0.174. The summed E-state index contributed by atoms with van der Waals surface area (Å²) in [5, 5.41) is 0. The predicted octanol–water partition coefficient (Wildman–Crippen LogP) is 5.25. The molecular weight excluding hydrogens is 356 g/mol. The van der Waals surface area contributed by atoms with Crippen molar-refractivity contribution < 1.29 is 23.7 Å². The number of carbonyl (C=O) groups excluding carboxylic acids is 1. The third-order valence-corrected chi connectivity index (χ3v) is 3.69. The highest BCUT2D eigenvalue weighted by atomic mass is 16.6. The topological polar surface area (TPSA) is 54.0 Å². The molecule has 0 spiro atoms. The monoisotopic (exact) mass is 378 g/mol. The van der Waals surface area contributed by atoms with Crippen LogP contribution in [0.2, 0.25) is 0 Å². The predicted molar refractivity (Wildman–Crippen MR) is 106 cm³/mol. The zero-order valence-electron chi connectivity index (χ0n) is 15.7. The average Bonchev–Trinajstić information content (AvgIpc) is 2.74. The van der Waals surface area contributed by atoms with Crippen LogP contribution < -0.4 is 18.9 Å². The first-order chi connectivity index (χ1) is 13.7. The first-order valence-corrected chi connectivity index (χ1v) is 9.12. The quantitative estimate of drug-likeness (QED) is 0.376. The normalized spacial score (nSPS) is 10.2. The Bertz CT molecular complexity index is 858. The minimum atomic E-state index is -0.483. The van der Waals surface area contributed by atoms with E-state index in [1.807, 2.05) is 49.4 Å². The van der Waals surface area contributed by atoms with Gasteiger partial charge in [0.1, 0.15) is 28.7 Å². The number of rotatable bonds is 9. The van der Waals surface area contributed by atoms with Crippen LogP contribution in [0.25, 0.3) is 0 Å². The van der Waals surface area contributed by atoms with Crippen LogP contribution in [0.15, 0.2) is 78.9 Å². The summed E-state index contributed by atoms with van der Waals surface area (Å²) >= 11 is 0. The van der Waals surface area contributed by atoms with Crippen LogP contribution in [-0.2, 0) is 4.79 Å². The molecule has 0 unspecified atom stereocenters. The van der Waals surface area contributed by atoms with Gasteiger partial charge < -0.3 is 18.9 Å². The van der Waals surface area contributed by atoms with Gasteiger partial charge in [0.05, 0.1) is 6.61 Å². The summed E-state index contributed by atoms with van der Waals surface area (Å²) in [4.78, 5) is 12.0. The van der Waals surface area contributed by atoms with Crippen molar-refractivity contribution in [2.45, 2.75) is 13.3 Å². The van der Waals surface area contributed by atoms with Crippen LogP contribution in [0.1, 0.15) is 13.3 Å². The molecule has 28 heavy (non-hydrogen) atoms. The van der Waals surface area contributed by atoms with Crippen molar-refractivity contribution in [1.29, 1.82) is 0 Å². The zero-order valence-corrected chi connectivity index (χ0v) is 15.7. The number of hydrogen-bond acceptors (Lipinski definition) is 5. The first-order valence-electron chi connectivity index (χ1n) is 9.12. The Morgan fingerprint density at radius 2 is 1.21 bits per heavy atom. The largest absolute Gasteiger partial charge is 0.494 e. The minimum Gasteiger partial charge on any atom is -0.494 e. The highest BCUT2D eigenvalue weighted by Gasteiger charge is 2.07. The van der Waals surface area contributed by atoms with Crippen LogP contribution in [0.5, 0.6) is 28.7 Å². The molecule has 3 aromatic carbocycles. The van der Waals surface area contributed by atoms with Crippen LogP contribution in [0.4, 0.5) is 0 Å². The van der Waals surface area contributed by atoms with Crippen molar-refractivity contribution in [1.82, 2.24) is 0 Å². The summed E-state index contributed by atoms with van der Waals surface area (Å²) in [5.74, 6) is 2.70. The fourth-order valence-corrected chi connectivity index (χ4v) is 2.36. The van der Waals surface area contributed by atoms with Gasteiger partial charge >= 0.3 is 5.97 Å². The lowest BCUT2D eigenvalue weighted by Crippen LogP contribution is -2.17. The molecule has 5 heteroatoms. The van der Waals surface area contributed by atoms with E-state index in [1.165, 1.54) is 0 Å². The molecule has 144 valence electrons. The van der Waals surface area contributed by atoms with Gasteiger partial charge in [0.25, 0.3) is 0 Å². The van der Waals surface area contributed by atoms with Gasteiger partial charge in [-0.25, -0.2) is 4.79 Å². The van der Waals surface area contributed by atoms with E-state index in [0.29, 0.717) is 23.9 Å². The standard InChI is InChI=1S/C23H22O5/c1-2-16-25-18-8-10-19(11-9-18)26-17-23(24)28-22-14-12-21(13-15-22)27-20-6-4-3-5-7-20/h3-15H,2,16-17H2,1H3. The Morgan fingerprint density at radius 3 is 1.86 bits per heavy atom. The van der Waals surface area contributed by atoms with E-state index in [0.717, 1.165) is 17.9 Å². The molecule has 0 aliphatic rings. The van der Waals surface area contributed by atoms with Gasteiger partial charge in [0.15, 0.2) is 6.61 Å². The van der Waals surface area contributed by atoms with Crippen LogP contribution in [0, 0.1) is 0 Å². The third-order valence-electron chi connectivity index (χ3n) is 3.69. The molecule has 0 atom stereocenters. The fourth-order valence-electron chi connectivity index (χ4n) is 2.36. The number of carbonyl (C=O) groups is 1. The molecule has 3 aromatic rings. The number of hydrogen-bond donors (Lipinski definition) is 0. The Hall–Kier alpha value is -3.47. The maximum atomic E-state index is 12.0. The molecule has 0 aliphatic carbocycles. The highest BCUT2D eigenvalue weighted by Crippen LogP contribution is 2.23. The molecule has 0 fully saturated rings. The molecule has 0 heterocycles. The van der Waals surface area contributed by atoms with Gasteiger partial charge in [0.2, 0.25) is 0 Å². The van der Waals surface area contributed by atoms with Crippen LogP contribution in [-0.4, -0.2) is 19.2 Å². The molecule has 0 bridgehead atoms.